The second kappa shape index (κ2) is 8.40. The third-order valence-electron chi connectivity index (χ3n) is 4.32. The van der Waals surface area contributed by atoms with Gasteiger partial charge in [-0.05, 0) is 37.8 Å². The van der Waals surface area contributed by atoms with Crippen molar-refractivity contribution in [3.63, 3.8) is 0 Å². The van der Waals surface area contributed by atoms with Gasteiger partial charge in [0, 0.05) is 24.7 Å². The average molecular weight is 370 g/mol. The van der Waals surface area contributed by atoms with Gasteiger partial charge in [0.1, 0.15) is 0 Å². The number of primary amides is 1. The van der Waals surface area contributed by atoms with E-state index in [4.69, 9.17) is 32.5 Å². The molecule has 1 aliphatic heterocycles. The van der Waals surface area contributed by atoms with Crippen molar-refractivity contribution >= 4 is 23.4 Å². The van der Waals surface area contributed by atoms with Gasteiger partial charge >= 0.3 is 0 Å². The summed E-state index contributed by atoms with van der Waals surface area (Å²) in [6.45, 7) is 2.94. The zero-order valence-electron chi connectivity index (χ0n) is 14.5. The summed E-state index contributed by atoms with van der Waals surface area (Å²) in [6, 6.07) is 3.11. The first kappa shape index (κ1) is 19.3. The highest BCUT2D eigenvalue weighted by Crippen LogP contribution is 2.37. The van der Waals surface area contributed by atoms with E-state index in [1.807, 2.05) is 6.92 Å². The van der Waals surface area contributed by atoms with Crippen molar-refractivity contribution < 1.29 is 19.1 Å². The Kier molecular flexibility index (Phi) is 6.50. The summed E-state index contributed by atoms with van der Waals surface area (Å²) in [5.41, 5.74) is 11.5. The Morgan fingerprint density at radius 1 is 1.44 bits per heavy atom. The predicted molar refractivity (Wildman–Crippen MR) is 95.0 cm³/mol. The molecule has 0 bridgehead atoms. The van der Waals surface area contributed by atoms with Crippen LogP contribution in [0.15, 0.2) is 12.1 Å². The standard InChI is InChI=1S/C17H24ClN3O4/c1-10(19)11-4-3-5-21(8-11)17(23)12-6-13(18)16(14(7-12)24-2)25-9-15(20)22/h6-7,10-11H,3-5,8-9,19H2,1-2H3,(H2,20,22)/t10-,11+/m1/s1. The van der Waals surface area contributed by atoms with E-state index < -0.39 is 5.91 Å². The van der Waals surface area contributed by atoms with Crippen molar-refractivity contribution in [3.8, 4) is 11.5 Å². The Balaban J connectivity index is 2.22. The molecule has 0 unspecified atom stereocenters. The maximum atomic E-state index is 12.8. The van der Waals surface area contributed by atoms with Gasteiger partial charge in [0.25, 0.3) is 11.8 Å². The Morgan fingerprint density at radius 3 is 2.76 bits per heavy atom. The summed E-state index contributed by atoms with van der Waals surface area (Å²) in [5.74, 6) is -0.0155. The lowest BCUT2D eigenvalue weighted by molar-refractivity contribution is -0.119. The highest BCUT2D eigenvalue weighted by atomic mass is 35.5. The van der Waals surface area contributed by atoms with Crippen molar-refractivity contribution in [1.82, 2.24) is 4.90 Å². The molecule has 4 N–H and O–H groups in total. The molecule has 0 saturated carbocycles. The summed E-state index contributed by atoms with van der Waals surface area (Å²) in [6.07, 6.45) is 1.94. The number of hydrogen-bond acceptors (Lipinski definition) is 5. The van der Waals surface area contributed by atoms with Crippen LogP contribution in [0.4, 0.5) is 0 Å². The molecular weight excluding hydrogens is 346 g/mol. The molecule has 8 heteroatoms. The molecule has 0 radical (unpaired) electrons. The fraction of sp³-hybridized carbons (Fsp3) is 0.529. The third kappa shape index (κ3) is 4.76. The van der Waals surface area contributed by atoms with Crippen LogP contribution in [0.3, 0.4) is 0 Å². The van der Waals surface area contributed by atoms with E-state index in [2.05, 4.69) is 0 Å². The van der Waals surface area contributed by atoms with Gasteiger partial charge in [-0.1, -0.05) is 11.6 Å². The second-order valence-corrected chi connectivity index (χ2v) is 6.66. The molecule has 2 atom stereocenters. The van der Waals surface area contributed by atoms with E-state index in [0.717, 1.165) is 12.8 Å². The van der Waals surface area contributed by atoms with Gasteiger partial charge in [0.15, 0.2) is 18.1 Å². The minimum atomic E-state index is -0.631. The van der Waals surface area contributed by atoms with Gasteiger partial charge in [-0.2, -0.15) is 0 Å². The highest BCUT2D eigenvalue weighted by Gasteiger charge is 2.27. The van der Waals surface area contributed by atoms with Crippen LogP contribution in [0.5, 0.6) is 11.5 Å². The number of halogens is 1. The molecule has 2 rings (SSSR count). The van der Waals surface area contributed by atoms with Gasteiger partial charge in [0.2, 0.25) is 0 Å². The molecule has 0 aromatic heterocycles. The predicted octanol–water partition coefficient (Wildman–Crippen LogP) is 1.41. The molecule has 138 valence electrons. The molecule has 1 aromatic carbocycles. The van der Waals surface area contributed by atoms with E-state index in [-0.39, 0.29) is 41.0 Å². The highest BCUT2D eigenvalue weighted by molar-refractivity contribution is 6.32. The minimum absolute atomic E-state index is 0.0401. The molecule has 2 amide bonds. The van der Waals surface area contributed by atoms with E-state index in [1.54, 1.807) is 11.0 Å². The number of nitrogens with zero attached hydrogens (tertiary/aromatic N) is 1. The van der Waals surface area contributed by atoms with Crippen LogP contribution in [0.1, 0.15) is 30.1 Å². The second-order valence-electron chi connectivity index (χ2n) is 6.26. The van der Waals surface area contributed by atoms with Crippen LogP contribution in [-0.4, -0.2) is 49.6 Å². The van der Waals surface area contributed by atoms with Gasteiger partial charge in [0.05, 0.1) is 12.1 Å². The smallest absolute Gasteiger partial charge is 0.255 e. The molecule has 7 nitrogen and oxygen atoms in total. The Labute approximate surface area is 152 Å². The van der Waals surface area contributed by atoms with Crippen LogP contribution in [0, 0.1) is 5.92 Å². The van der Waals surface area contributed by atoms with Gasteiger partial charge in [-0.3, -0.25) is 9.59 Å². The number of amides is 2. The maximum Gasteiger partial charge on any atom is 0.255 e. The number of carbonyl (C=O) groups excluding carboxylic acids is 2. The normalized spacial score (nSPS) is 18.6. The van der Waals surface area contributed by atoms with Crippen LogP contribution < -0.4 is 20.9 Å². The summed E-state index contributed by atoms with van der Waals surface area (Å²) < 4.78 is 10.5. The molecule has 1 aromatic rings. The van der Waals surface area contributed by atoms with E-state index in [9.17, 15) is 9.59 Å². The monoisotopic (exact) mass is 369 g/mol. The van der Waals surface area contributed by atoms with Crippen LogP contribution >= 0.6 is 11.6 Å². The van der Waals surface area contributed by atoms with Crippen molar-refractivity contribution in [2.75, 3.05) is 26.8 Å². The SMILES string of the molecule is COc1cc(C(=O)N2CCC[C@H]([C@@H](C)N)C2)cc(Cl)c1OCC(N)=O. The zero-order valence-corrected chi connectivity index (χ0v) is 15.2. The third-order valence-corrected chi connectivity index (χ3v) is 4.60. The number of nitrogens with two attached hydrogens (primary N) is 2. The number of rotatable bonds is 6. The average Bonchev–Trinajstić information content (AvgIpc) is 2.59. The van der Waals surface area contributed by atoms with Crippen LogP contribution in [-0.2, 0) is 4.79 Å². The number of likely N-dealkylation sites (tertiary alicyclic amines) is 1. The number of methoxy groups -OCH3 is 1. The first-order valence-electron chi connectivity index (χ1n) is 8.17. The van der Waals surface area contributed by atoms with Gasteiger partial charge in [-0.25, -0.2) is 0 Å². The van der Waals surface area contributed by atoms with Crippen LogP contribution in [0.25, 0.3) is 0 Å². The Hall–Kier alpha value is -1.99. The van der Waals surface area contributed by atoms with Gasteiger partial charge in [-0.15, -0.1) is 0 Å². The molecule has 0 aliphatic carbocycles. The largest absolute Gasteiger partial charge is 0.493 e. The minimum Gasteiger partial charge on any atom is -0.493 e. The number of ether oxygens (including phenoxy) is 2. The number of piperidine rings is 1. The van der Waals surface area contributed by atoms with Gasteiger partial charge < -0.3 is 25.8 Å². The maximum absolute atomic E-state index is 12.8. The lowest BCUT2D eigenvalue weighted by Crippen LogP contribution is -2.45. The summed E-state index contributed by atoms with van der Waals surface area (Å²) in [5, 5.41) is 0.185. The molecule has 1 heterocycles. The summed E-state index contributed by atoms with van der Waals surface area (Å²) in [4.78, 5) is 25.5. The number of hydrogen-bond donors (Lipinski definition) is 2. The topological polar surface area (TPSA) is 108 Å². The zero-order chi connectivity index (χ0) is 18.6. The molecule has 1 aliphatic rings. The number of carbonyl (C=O) groups is 2. The van der Waals surface area contributed by atoms with E-state index in [1.165, 1.54) is 13.2 Å². The van der Waals surface area contributed by atoms with Crippen molar-refractivity contribution in [2.24, 2.45) is 17.4 Å². The summed E-state index contributed by atoms with van der Waals surface area (Å²) in [7, 11) is 1.43. The first-order valence-corrected chi connectivity index (χ1v) is 8.54. The number of benzene rings is 1. The lowest BCUT2D eigenvalue weighted by Gasteiger charge is -2.34. The van der Waals surface area contributed by atoms with E-state index >= 15 is 0 Å². The fourth-order valence-corrected chi connectivity index (χ4v) is 3.20. The molecule has 1 saturated heterocycles. The van der Waals surface area contributed by atoms with Crippen LogP contribution in [0.2, 0.25) is 5.02 Å². The Bertz CT molecular complexity index is 651. The quantitative estimate of drug-likeness (QED) is 0.788. The summed E-state index contributed by atoms with van der Waals surface area (Å²) >= 11 is 6.21. The fourth-order valence-electron chi connectivity index (χ4n) is 2.93. The molecular formula is C17H24ClN3O4. The Morgan fingerprint density at radius 2 is 2.16 bits per heavy atom. The van der Waals surface area contributed by atoms with Crippen molar-refractivity contribution in [2.45, 2.75) is 25.8 Å². The lowest BCUT2D eigenvalue weighted by atomic mass is 9.92. The molecule has 0 spiro atoms. The molecule has 25 heavy (non-hydrogen) atoms. The van der Waals surface area contributed by atoms with Crippen molar-refractivity contribution in [3.05, 3.63) is 22.7 Å². The first-order chi connectivity index (χ1) is 11.8. The van der Waals surface area contributed by atoms with E-state index in [0.29, 0.717) is 18.7 Å². The van der Waals surface area contributed by atoms with Crippen molar-refractivity contribution in [1.29, 1.82) is 0 Å². The molecule has 1 fully saturated rings.